The molecule has 1 spiro atoms. The molecule has 4 heterocycles. The maximum atomic E-state index is 12.0. The monoisotopic (exact) mass is 506 g/mol. The molecule has 0 saturated carbocycles. The summed E-state index contributed by atoms with van der Waals surface area (Å²) in [6.45, 7) is 18.2. The number of hydrogen-bond donors (Lipinski definition) is 1. The molecule has 5 rings (SSSR count). The standard InChI is InChI=1S/C29H42N6O2/c1-7-25(36)35-17-29(18-35)10-11-34(16-29)27-31-24-15-28(5,6)9-8-23(24)26(32-27)30-21(12-19(2)3)14-22-13-20(4)37-33-22/h7,13,19,21H,1,8-12,14-18H2,2-6H3,(H,30,31,32)/t21-/m0/s1. The molecular formula is C29H42N6O2. The van der Waals surface area contributed by atoms with E-state index in [1.807, 2.05) is 17.9 Å². The van der Waals surface area contributed by atoms with E-state index in [4.69, 9.17) is 14.5 Å². The molecule has 2 fully saturated rings. The molecule has 1 N–H and O–H groups in total. The van der Waals surface area contributed by atoms with Crippen molar-refractivity contribution in [3.05, 3.63) is 41.4 Å². The number of amides is 1. The van der Waals surface area contributed by atoms with E-state index in [2.05, 4.69) is 49.6 Å². The Hall–Kier alpha value is -2.90. The number of nitrogens with zero attached hydrogens (tertiary/aromatic N) is 5. The summed E-state index contributed by atoms with van der Waals surface area (Å²) in [6.07, 6.45) is 7.38. The molecule has 1 aliphatic carbocycles. The number of aryl methyl sites for hydroxylation is 1. The zero-order chi connectivity index (χ0) is 26.4. The molecule has 0 bridgehead atoms. The number of fused-ring (bicyclic) bond motifs is 1. The van der Waals surface area contributed by atoms with E-state index in [0.717, 1.165) is 87.9 Å². The van der Waals surface area contributed by atoms with Crippen LogP contribution in [0, 0.1) is 23.7 Å². The summed E-state index contributed by atoms with van der Waals surface area (Å²) in [5.74, 6) is 3.22. The highest BCUT2D eigenvalue weighted by atomic mass is 16.5. The van der Waals surface area contributed by atoms with E-state index in [1.54, 1.807) is 0 Å². The van der Waals surface area contributed by atoms with Crippen molar-refractivity contribution in [2.75, 3.05) is 36.4 Å². The van der Waals surface area contributed by atoms with Crippen molar-refractivity contribution in [1.82, 2.24) is 20.0 Å². The Kier molecular flexibility index (Phi) is 6.79. The van der Waals surface area contributed by atoms with Gasteiger partial charge in [0.15, 0.2) is 0 Å². The van der Waals surface area contributed by atoms with Gasteiger partial charge in [-0.15, -0.1) is 0 Å². The van der Waals surface area contributed by atoms with Crippen LogP contribution in [-0.4, -0.2) is 58.2 Å². The second-order valence-corrected chi connectivity index (χ2v) is 12.8. The molecule has 0 radical (unpaired) electrons. The number of aromatic nitrogens is 3. The molecule has 2 aromatic heterocycles. The molecule has 8 heteroatoms. The average molecular weight is 507 g/mol. The summed E-state index contributed by atoms with van der Waals surface area (Å²) in [5, 5.41) is 8.10. The van der Waals surface area contributed by atoms with Crippen LogP contribution in [0.25, 0.3) is 0 Å². The highest BCUT2D eigenvalue weighted by Crippen LogP contribution is 2.42. The maximum absolute atomic E-state index is 12.0. The van der Waals surface area contributed by atoms with Crippen molar-refractivity contribution in [2.45, 2.75) is 79.2 Å². The number of carbonyl (C=O) groups excluding carboxylic acids is 1. The number of anilines is 2. The van der Waals surface area contributed by atoms with Crippen LogP contribution in [0.3, 0.4) is 0 Å². The molecule has 1 amide bonds. The van der Waals surface area contributed by atoms with Crippen molar-refractivity contribution in [1.29, 1.82) is 0 Å². The smallest absolute Gasteiger partial charge is 0.245 e. The lowest BCUT2D eigenvalue weighted by Crippen LogP contribution is -2.59. The van der Waals surface area contributed by atoms with Crippen molar-refractivity contribution >= 4 is 17.7 Å². The third-order valence-electron chi connectivity index (χ3n) is 8.27. The van der Waals surface area contributed by atoms with E-state index in [1.165, 1.54) is 17.3 Å². The number of nitrogens with one attached hydrogen (secondary N) is 1. The summed E-state index contributed by atoms with van der Waals surface area (Å²) in [7, 11) is 0. The molecule has 1 atom stereocenters. The highest BCUT2D eigenvalue weighted by Gasteiger charge is 2.49. The van der Waals surface area contributed by atoms with Gasteiger partial charge in [-0.2, -0.15) is 4.98 Å². The van der Waals surface area contributed by atoms with Gasteiger partial charge >= 0.3 is 0 Å². The van der Waals surface area contributed by atoms with E-state index >= 15 is 0 Å². The van der Waals surface area contributed by atoms with E-state index in [0.29, 0.717) is 5.92 Å². The molecule has 2 aliphatic heterocycles. The number of rotatable bonds is 8. The van der Waals surface area contributed by atoms with Crippen LogP contribution in [0.1, 0.15) is 69.7 Å². The lowest BCUT2D eigenvalue weighted by Gasteiger charge is -2.47. The largest absolute Gasteiger partial charge is 0.367 e. The van der Waals surface area contributed by atoms with Crippen molar-refractivity contribution in [2.24, 2.45) is 16.7 Å². The van der Waals surface area contributed by atoms with Crippen molar-refractivity contribution < 1.29 is 9.32 Å². The third kappa shape index (κ3) is 5.53. The minimum atomic E-state index is 0.0290. The summed E-state index contributed by atoms with van der Waals surface area (Å²) < 4.78 is 5.35. The molecule has 0 aromatic carbocycles. The van der Waals surface area contributed by atoms with Crippen LogP contribution in [0.15, 0.2) is 23.2 Å². The van der Waals surface area contributed by atoms with E-state index in [9.17, 15) is 4.79 Å². The van der Waals surface area contributed by atoms with Gasteiger partial charge in [-0.25, -0.2) is 4.98 Å². The average Bonchev–Trinajstić information content (AvgIpc) is 3.42. The topological polar surface area (TPSA) is 87.4 Å². The predicted molar refractivity (Wildman–Crippen MR) is 146 cm³/mol. The van der Waals surface area contributed by atoms with Crippen molar-refractivity contribution in [3.8, 4) is 0 Å². The third-order valence-corrected chi connectivity index (χ3v) is 8.27. The zero-order valence-corrected chi connectivity index (χ0v) is 23.1. The van der Waals surface area contributed by atoms with E-state index in [-0.39, 0.29) is 22.8 Å². The van der Waals surface area contributed by atoms with Crippen LogP contribution in [0.2, 0.25) is 0 Å². The first kappa shape index (κ1) is 25.7. The summed E-state index contributed by atoms with van der Waals surface area (Å²) in [6, 6.07) is 2.24. The zero-order valence-electron chi connectivity index (χ0n) is 23.1. The summed E-state index contributed by atoms with van der Waals surface area (Å²) >= 11 is 0. The summed E-state index contributed by atoms with van der Waals surface area (Å²) in [4.78, 5) is 26.6. The van der Waals surface area contributed by atoms with Gasteiger partial charge in [0.2, 0.25) is 11.9 Å². The Morgan fingerprint density at radius 3 is 2.70 bits per heavy atom. The van der Waals surface area contributed by atoms with Crippen molar-refractivity contribution in [3.63, 3.8) is 0 Å². The minimum Gasteiger partial charge on any atom is -0.367 e. The fourth-order valence-electron chi connectivity index (χ4n) is 6.33. The Morgan fingerprint density at radius 1 is 1.24 bits per heavy atom. The van der Waals surface area contributed by atoms with Crippen LogP contribution >= 0.6 is 0 Å². The number of likely N-dealkylation sites (tertiary alicyclic amines) is 1. The fourth-order valence-corrected chi connectivity index (χ4v) is 6.33. The molecule has 200 valence electrons. The molecule has 37 heavy (non-hydrogen) atoms. The second kappa shape index (κ2) is 9.76. The van der Waals surface area contributed by atoms with Crippen LogP contribution in [0.4, 0.5) is 11.8 Å². The molecule has 0 unspecified atom stereocenters. The second-order valence-electron chi connectivity index (χ2n) is 12.8. The molecule has 3 aliphatic rings. The van der Waals surface area contributed by atoms with Gasteiger partial charge in [0, 0.05) is 55.7 Å². The first-order chi connectivity index (χ1) is 17.5. The lowest BCUT2D eigenvalue weighted by molar-refractivity contribution is -0.136. The van der Waals surface area contributed by atoms with E-state index < -0.39 is 0 Å². The fraction of sp³-hybridized carbons (Fsp3) is 0.655. The van der Waals surface area contributed by atoms with Gasteiger partial charge in [0.25, 0.3) is 0 Å². The Labute approximate surface area is 220 Å². The minimum absolute atomic E-state index is 0.0290. The van der Waals surface area contributed by atoms with Crippen LogP contribution in [0.5, 0.6) is 0 Å². The normalized spacial score (nSPS) is 20.6. The van der Waals surface area contributed by atoms with Gasteiger partial charge in [-0.05, 0) is 56.4 Å². The number of carbonyl (C=O) groups is 1. The van der Waals surface area contributed by atoms with Gasteiger partial charge in [-0.1, -0.05) is 39.4 Å². The predicted octanol–water partition coefficient (Wildman–Crippen LogP) is 4.58. The maximum Gasteiger partial charge on any atom is 0.245 e. The Balaban J connectivity index is 1.41. The van der Waals surface area contributed by atoms with Gasteiger partial charge in [-0.3, -0.25) is 4.79 Å². The van der Waals surface area contributed by atoms with Crippen LogP contribution < -0.4 is 10.2 Å². The van der Waals surface area contributed by atoms with Crippen LogP contribution in [-0.2, 0) is 24.1 Å². The summed E-state index contributed by atoms with van der Waals surface area (Å²) in [5.41, 5.74) is 3.81. The molecular weight excluding hydrogens is 464 g/mol. The quantitative estimate of drug-likeness (QED) is 0.524. The number of hydrogen-bond acceptors (Lipinski definition) is 7. The van der Waals surface area contributed by atoms with Gasteiger partial charge in [0.05, 0.1) is 11.4 Å². The molecule has 8 nitrogen and oxygen atoms in total. The Bertz CT molecular complexity index is 1160. The highest BCUT2D eigenvalue weighted by molar-refractivity contribution is 5.87. The molecule has 2 saturated heterocycles. The molecule has 2 aromatic rings. The van der Waals surface area contributed by atoms with Gasteiger partial charge in [0.1, 0.15) is 11.6 Å². The first-order valence-corrected chi connectivity index (χ1v) is 13.8. The van der Waals surface area contributed by atoms with Gasteiger partial charge < -0.3 is 19.6 Å². The first-order valence-electron chi connectivity index (χ1n) is 13.8. The Morgan fingerprint density at radius 2 is 2.03 bits per heavy atom. The lowest BCUT2D eigenvalue weighted by atomic mass is 9.76. The SMILES string of the molecule is C=CC(=O)N1CC2(CCN(c3nc4c(c(N[C@H](Cc5cc(C)on5)CC(C)C)n3)CCC(C)(C)C4)C2)C1.